The van der Waals surface area contributed by atoms with Gasteiger partial charge in [-0.15, -0.1) is 0 Å². The van der Waals surface area contributed by atoms with Crippen LogP contribution in [0.25, 0.3) is 0 Å². The Labute approximate surface area is 123 Å². The lowest BCUT2D eigenvalue weighted by atomic mass is 9.96. The van der Waals surface area contributed by atoms with Gasteiger partial charge in [-0.3, -0.25) is 0 Å². The Kier molecular flexibility index (Phi) is 7.03. The van der Waals surface area contributed by atoms with Gasteiger partial charge < -0.3 is 0 Å². The van der Waals surface area contributed by atoms with E-state index < -0.39 is 0 Å². The molecule has 0 unspecified atom stereocenters. The van der Waals surface area contributed by atoms with Crippen LogP contribution in [0, 0.1) is 0 Å². The highest BCUT2D eigenvalue weighted by Gasteiger charge is 2.02. The molecule has 1 fully saturated rings. The third kappa shape index (κ3) is 6.11. The number of hydrogen-bond acceptors (Lipinski definition) is 0. The monoisotopic (exact) mass is 266 g/mol. The van der Waals surface area contributed by atoms with Crippen molar-refractivity contribution in [2.24, 2.45) is 0 Å². The van der Waals surface area contributed by atoms with Crippen molar-refractivity contribution in [2.45, 2.75) is 64.2 Å². The third-order valence-corrected chi connectivity index (χ3v) is 3.96. The Morgan fingerprint density at radius 3 is 2.50 bits per heavy atom. The Bertz CT molecular complexity index is 460. The van der Waals surface area contributed by atoms with Crippen molar-refractivity contribution in [3.63, 3.8) is 0 Å². The molecule has 20 heavy (non-hydrogen) atoms. The van der Waals surface area contributed by atoms with Crippen LogP contribution in [0.15, 0.2) is 53.4 Å². The largest absolute Gasteiger partial charge is 0.0747 e. The van der Waals surface area contributed by atoms with E-state index in [0.29, 0.717) is 0 Å². The molecule has 1 aliphatic rings. The highest BCUT2D eigenvalue weighted by atomic mass is 14.1. The van der Waals surface area contributed by atoms with Gasteiger partial charge >= 0.3 is 0 Å². The summed E-state index contributed by atoms with van der Waals surface area (Å²) in [6, 6.07) is 10.8. The molecule has 0 aliphatic heterocycles. The van der Waals surface area contributed by atoms with Gasteiger partial charge in [0.25, 0.3) is 0 Å². The van der Waals surface area contributed by atoms with Gasteiger partial charge in [-0.05, 0) is 68.6 Å². The van der Waals surface area contributed by atoms with Crippen LogP contribution in [-0.4, -0.2) is 0 Å². The van der Waals surface area contributed by atoms with E-state index in [2.05, 4.69) is 47.9 Å². The minimum Gasteiger partial charge on any atom is -0.0747 e. The number of allylic oxidation sites excluding steroid dienone is 2. The van der Waals surface area contributed by atoms with Crippen molar-refractivity contribution in [3.8, 4) is 0 Å². The van der Waals surface area contributed by atoms with Gasteiger partial charge in [0.15, 0.2) is 0 Å². The average Bonchev–Trinajstić information content (AvgIpc) is 2.52. The SMILES string of the molecule is C(=C=C1CCCCC1)=CCCCCCc1ccccc1. The molecule has 0 saturated heterocycles. The highest BCUT2D eigenvalue weighted by Crippen LogP contribution is 2.21. The van der Waals surface area contributed by atoms with Gasteiger partial charge in [0.05, 0.1) is 0 Å². The Balaban J connectivity index is 1.58. The first-order valence-electron chi connectivity index (χ1n) is 8.17. The summed E-state index contributed by atoms with van der Waals surface area (Å²) in [5, 5.41) is 0. The first-order chi connectivity index (χ1) is 9.95. The van der Waals surface area contributed by atoms with Gasteiger partial charge in [-0.1, -0.05) is 54.6 Å². The normalized spacial score (nSPS) is 14.5. The zero-order valence-corrected chi connectivity index (χ0v) is 12.5. The number of rotatable bonds is 6. The fraction of sp³-hybridized carbons (Fsp3) is 0.500. The lowest BCUT2D eigenvalue weighted by Crippen LogP contribution is -1.91. The van der Waals surface area contributed by atoms with Gasteiger partial charge in [0.2, 0.25) is 0 Å². The number of benzene rings is 1. The lowest BCUT2D eigenvalue weighted by Gasteiger charge is -2.09. The van der Waals surface area contributed by atoms with Gasteiger partial charge in [-0.2, -0.15) is 0 Å². The summed E-state index contributed by atoms with van der Waals surface area (Å²) in [6.45, 7) is 0. The molecule has 0 atom stereocenters. The van der Waals surface area contributed by atoms with Crippen molar-refractivity contribution in [1.82, 2.24) is 0 Å². The van der Waals surface area contributed by atoms with E-state index in [4.69, 9.17) is 0 Å². The Hall–Kier alpha value is -1.48. The fourth-order valence-electron chi connectivity index (χ4n) is 2.73. The van der Waals surface area contributed by atoms with Crippen molar-refractivity contribution in [2.75, 3.05) is 0 Å². The second kappa shape index (κ2) is 9.43. The van der Waals surface area contributed by atoms with Crippen LogP contribution in [0.1, 0.15) is 63.4 Å². The number of unbranched alkanes of at least 4 members (excludes halogenated alkanes) is 3. The van der Waals surface area contributed by atoms with Crippen LogP contribution >= 0.6 is 0 Å². The predicted octanol–water partition coefficient (Wildman–Crippen LogP) is 5.99. The summed E-state index contributed by atoms with van der Waals surface area (Å²) in [4.78, 5) is 0. The smallest absolute Gasteiger partial charge is 0.0199 e. The second-order valence-electron chi connectivity index (χ2n) is 5.72. The van der Waals surface area contributed by atoms with E-state index in [-0.39, 0.29) is 0 Å². The third-order valence-electron chi connectivity index (χ3n) is 3.96. The second-order valence-corrected chi connectivity index (χ2v) is 5.72. The molecule has 0 N–H and O–H groups in total. The quantitative estimate of drug-likeness (QED) is 0.438. The molecule has 1 aromatic carbocycles. The van der Waals surface area contributed by atoms with E-state index in [1.54, 1.807) is 0 Å². The summed E-state index contributed by atoms with van der Waals surface area (Å²) < 4.78 is 0. The van der Waals surface area contributed by atoms with Crippen LogP contribution in [0.3, 0.4) is 0 Å². The summed E-state index contributed by atoms with van der Waals surface area (Å²) in [6.07, 6.45) is 15.0. The van der Waals surface area contributed by atoms with Crippen LogP contribution in [0.5, 0.6) is 0 Å². The first-order valence-corrected chi connectivity index (χ1v) is 8.17. The van der Waals surface area contributed by atoms with Crippen molar-refractivity contribution < 1.29 is 0 Å². The van der Waals surface area contributed by atoms with Gasteiger partial charge in [-0.25, -0.2) is 0 Å². The van der Waals surface area contributed by atoms with Crippen LogP contribution in [0.4, 0.5) is 0 Å². The molecule has 0 bridgehead atoms. The molecule has 0 radical (unpaired) electrons. The molecule has 106 valence electrons. The van der Waals surface area contributed by atoms with Crippen molar-refractivity contribution >= 4 is 0 Å². The molecule has 0 heterocycles. The fourth-order valence-corrected chi connectivity index (χ4v) is 2.73. The number of hydrogen-bond donors (Lipinski definition) is 0. The molecule has 1 aliphatic carbocycles. The summed E-state index contributed by atoms with van der Waals surface area (Å²) in [5.41, 5.74) is 9.55. The lowest BCUT2D eigenvalue weighted by molar-refractivity contribution is 0.600. The molecule has 0 amide bonds. The first kappa shape index (κ1) is 14.9. The maximum absolute atomic E-state index is 3.35. The predicted molar refractivity (Wildman–Crippen MR) is 86.8 cm³/mol. The molecule has 0 spiro atoms. The summed E-state index contributed by atoms with van der Waals surface area (Å²) in [7, 11) is 0. The molecule has 1 saturated carbocycles. The standard InChI is InChI=1S/C20H26/c1(3-7-13-19-15-9-5-10-16-19)2-4-8-14-20-17-11-6-12-18-20/h3,6,11-12,17-18H,1-2,4-5,8-10,14-16H2. The van der Waals surface area contributed by atoms with Crippen LogP contribution in [-0.2, 0) is 6.42 Å². The van der Waals surface area contributed by atoms with Crippen LogP contribution in [0.2, 0.25) is 0 Å². The zero-order valence-electron chi connectivity index (χ0n) is 12.5. The summed E-state index contributed by atoms with van der Waals surface area (Å²) >= 11 is 0. The minimum absolute atomic E-state index is 1.15. The zero-order chi connectivity index (χ0) is 13.9. The minimum atomic E-state index is 1.15. The molecule has 2 rings (SSSR count). The van der Waals surface area contributed by atoms with Gasteiger partial charge in [0, 0.05) is 0 Å². The molecular formula is C20H26. The molecule has 1 aromatic rings. The molecule has 0 nitrogen and oxygen atoms in total. The van der Waals surface area contributed by atoms with Crippen LogP contribution < -0.4 is 0 Å². The summed E-state index contributed by atoms with van der Waals surface area (Å²) in [5.74, 6) is 0. The maximum atomic E-state index is 3.35. The van der Waals surface area contributed by atoms with E-state index in [1.165, 1.54) is 68.9 Å². The van der Waals surface area contributed by atoms with Crippen molar-refractivity contribution in [3.05, 3.63) is 59.0 Å². The van der Waals surface area contributed by atoms with Gasteiger partial charge in [0.1, 0.15) is 0 Å². The molecule has 0 heteroatoms. The Morgan fingerprint density at radius 1 is 0.900 bits per heavy atom. The van der Waals surface area contributed by atoms with E-state index in [0.717, 1.165) is 6.42 Å². The highest BCUT2D eigenvalue weighted by molar-refractivity contribution is 5.14. The molecule has 0 aromatic heterocycles. The maximum Gasteiger partial charge on any atom is -0.0199 e. The van der Waals surface area contributed by atoms with Crippen molar-refractivity contribution in [1.29, 1.82) is 0 Å². The topological polar surface area (TPSA) is 0 Å². The molecular weight excluding hydrogens is 240 g/mol. The van der Waals surface area contributed by atoms with E-state index in [9.17, 15) is 0 Å². The Morgan fingerprint density at radius 2 is 1.70 bits per heavy atom. The number of aryl methyl sites for hydroxylation is 1. The van der Waals surface area contributed by atoms with E-state index >= 15 is 0 Å². The average molecular weight is 266 g/mol. The van der Waals surface area contributed by atoms with E-state index in [1.807, 2.05) is 0 Å².